The molecule has 30 heavy (non-hydrogen) atoms. The number of halogens is 1. The Balaban J connectivity index is 1.85. The van der Waals surface area contributed by atoms with Crippen LogP contribution in [0.3, 0.4) is 0 Å². The second-order valence-electron chi connectivity index (χ2n) is 8.07. The summed E-state index contributed by atoms with van der Waals surface area (Å²) in [5.41, 5.74) is 6.81. The summed E-state index contributed by atoms with van der Waals surface area (Å²) >= 11 is 6.20. The van der Waals surface area contributed by atoms with Gasteiger partial charge in [-0.05, 0) is 80.6 Å². The molecule has 3 rings (SSSR count). The van der Waals surface area contributed by atoms with E-state index in [0.717, 1.165) is 41.3 Å². The van der Waals surface area contributed by atoms with E-state index >= 15 is 0 Å². The molecule has 2 N–H and O–H groups in total. The van der Waals surface area contributed by atoms with Gasteiger partial charge in [-0.25, -0.2) is 0 Å². The first-order valence-corrected chi connectivity index (χ1v) is 10.7. The van der Waals surface area contributed by atoms with E-state index in [2.05, 4.69) is 54.1 Å². The zero-order valence-electron chi connectivity index (χ0n) is 18.1. The van der Waals surface area contributed by atoms with Crippen molar-refractivity contribution in [3.05, 3.63) is 63.2 Å². The zero-order chi connectivity index (χ0) is 21.8. The van der Waals surface area contributed by atoms with Gasteiger partial charge in [0.15, 0.2) is 0 Å². The average Bonchev–Trinajstić information content (AvgIpc) is 3.18. The summed E-state index contributed by atoms with van der Waals surface area (Å²) in [6, 6.07) is 10.1. The normalized spacial score (nSPS) is 17.3. The van der Waals surface area contributed by atoms with Crippen molar-refractivity contribution in [3.63, 3.8) is 0 Å². The highest BCUT2D eigenvalue weighted by molar-refractivity contribution is 6.31. The SMILES string of the molecule is CC#CC(Nc1ccc(C)c(CN2CCC(C(=O)O)C2)c1C)c1ccc(Cl)c(C)c1. The number of hydrogen-bond donors (Lipinski definition) is 2. The number of nitrogens with one attached hydrogen (secondary N) is 1. The number of carboxylic acid groups (broad SMARTS) is 1. The van der Waals surface area contributed by atoms with Crippen molar-refractivity contribution in [1.82, 2.24) is 4.90 Å². The summed E-state index contributed by atoms with van der Waals surface area (Å²) in [7, 11) is 0. The summed E-state index contributed by atoms with van der Waals surface area (Å²) in [6.45, 7) is 10.3. The average molecular weight is 425 g/mol. The van der Waals surface area contributed by atoms with Gasteiger partial charge in [0.2, 0.25) is 0 Å². The molecule has 1 aliphatic rings. The van der Waals surface area contributed by atoms with Gasteiger partial charge in [0.05, 0.1) is 5.92 Å². The Morgan fingerprint density at radius 3 is 2.67 bits per heavy atom. The molecule has 0 amide bonds. The van der Waals surface area contributed by atoms with Gasteiger partial charge in [0, 0.05) is 23.8 Å². The minimum atomic E-state index is -0.694. The van der Waals surface area contributed by atoms with Gasteiger partial charge in [-0.15, -0.1) is 5.92 Å². The number of nitrogens with zero attached hydrogens (tertiary/aromatic N) is 1. The van der Waals surface area contributed by atoms with Crippen LogP contribution in [0.15, 0.2) is 30.3 Å². The van der Waals surface area contributed by atoms with Crippen LogP contribution < -0.4 is 5.32 Å². The Morgan fingerprint density at radius 1 is 1.27 bits per heavy atom. The molecule has 0 spiro atoms. The van der Waals surface area contributed by atoms with Crippen molar-refractivity contribution in [2.24, 2.45) is 5.92 Å². The van der Waals surface area contributed by atoms with E-state index in [9.17, 15) is 9.90 Å². The van der Waals surface area contributed by atoms with Gasteiger partial charge in [0.25, 0.3) is 0 Å². The van der Waals surface area contributed by atoms with Crippen molar-refractivity contribution in [1.29, 1.82) is 0 Å². The Hall–Kier alpha value is -2.48. The number of anilines is 1. The topological polar surface area (TPSA) is 52.6 Å². The van der Waals surface area contributed by atoms with E-state index in [1.54, 1.807) is 0 Å². The zero-order valence-corrected chi connectivity index (χ0v) is 18.8. The van der Waals surface area contributed by atoms with E-state index in [4.69, 9.17) is 11.6 Å². The molecule has 0 radical (unpaired) electrons. The maximum atomic E-state index is 11.3. The van der Waals surface area contributed by atoms with Crippen LogP contribution in [0.4, 0.5) is 5.69 Å². The molecule has 0 aromatic heterocycles. The number of aryl methyl sites for hydroxylation is 2. The Morgan fingerprint density at radius 2 is 2.03 bits per heavy atom. The standard InChI is InChI=1S/C25H29ClN2O2/c1-5-6-24(19-8-9-22(26)17(3)13-19)27-23-10-7-16(2)21(18(23)4)15-28-12-11-20(14-28)25(29)30/h7-10,13,20,24,27H,11-12,14-15H2,1-4H3,(H,29,30). The molecular formula is C25H29ClN2O2. The van der Waals surface area contributed by atoms with Crippen molar-refractivity contribution in [2.75, 3.05) is 18.4 Å². The molecule has 4 nitrogen and oxygen atoms in total. The van der Waals surface area contributed by atoms with Gasteiger partial charge >= 0.3 is 5.97 Å². The monoisotopic (exact) mass is 424 g/mol. The van der Waals surface area contributed by atoms with E-state index in [1.807, 2.05) is 26.0 Å². The number of hydrogen-bond acceptors (Lipinski definition) is 3. The van der Waals surface area contributed by atoms with Gasteiger partial charge < -0.3 is 10.4 Å². The molecule has 1 fully saturated rings. The van der Waals surface area contributed by atoms with Crippen LogP contribution in [0.2, 0.25) is 5.02 Å². The predicted molar refractivity (Wildman–Crippen MR) is 123 cm³/mol. The number of benzene rings is 2. The highest BCUT2D eigenvalue weighted by atomic mass is 35.5. The lowest BCUT2D eigenvalue weighted by atomic mass is 9.98. The maximum Gasteiger partial charge on any atom is 0.307 e. The molecule has 1 heterocycles. The summed E-state index contributed by atoms with van der Waals surface area (Å²) in [5, 5.41) is 13.6. The summed E-state index contributed by atoms with van der Waals surface area (Å²) in [5.74, 6) is 5.34. The smallest absolute Gasteiger partial charge is 0.307 e. The van der Waals surface area contributed by atoms with Crippen LogP contribution in [0.1, 0.15) is 47.2 Å². The van der Waals surface area contributed by atoms with Crippen LogP contribution in [0.25, 0.3) is 0 Å². The Kier molecular flexibility index (Phi) is 7.07. The molecule has 2 aromatic carbocycles. The third kappa shape index (κ3) is 4.98. The molecule has 0 saturated carbocycles. The molecule has 2 aromatic rings. The maximum absolute atomic E-state index is 11.3. The fourth-order valence-electron chi connectivity index (χ4n) is 4.04. The first-order valence-electron chi connectivity index (χ1n) is 10.3. The molecule has 1 saturated heterocycles. The van der Waals surface area contributed by atoms with Gasteiger partial charge in [-0.1, -0.05) is 35.7 Å². The number of aliphatic carboxylic acids is 1. The van der Waals surface area contributed by atoms with Gasteiger partial charge in [0.1, 0.15) is 6.04 Å². The molecule has 0 bridgehead atoms. The second kappa shape index (κ2) is 9.55. The summed E-state index contributed by atoms with van der Waals surface area (Å²) in [4.78, 5) is 13.5. The third-order valence-corrected chi connectivity index (χ3v) is 6.36. The van der Waals surface area contributed by atoms with Crippen LogP contribution in [-0.2, 0) is 11.3 Å². The molecule has 5 heteroatoms. The number of rotatable bonds is 6. The molecule has 1 aliphatic heterocycles. The largest absolute Gasteiger partial charge is 0.481 e. The lowest BCUT2D eigenvalue weighted by molar-refractivity contribution is -0.141. The van der Waals surface area contributed by atoms with Crippen molar-refractivity contribution in [2.45, 2.75) is 46.7 Å². The van der Waals surface area contributed by atoms with Crippen LogP contribution in [0, 0.1) is 38.5 Å². The second-order valence-corrected chi connectivity index (χ2v) is 8.48. The van der Waals surface area contributed by atoms with Gasteiger partial charge in [-0.2, -0.15) is 0 Å². The van der Waals surface area contributed by atoms with Crippen LogP contribution >= 0.6 is 11.6 Å². The number of carboxylic acids is 1. The minimum Gasteiger partial charge on any atom is -0.481 e. The molecule has 0 aliphatic carbocycles. The van der Waals surface area contributed by atoms with E-state index in [0.29, 0.717) is 6.54 Å². The lowest BCUT2D eigenvalue weighted by Crippen LogP contribution is -2.24. The van der Waals surface area contributed by atoms with E-state index in [-0.39, 0.29) is 12.0 Å². The van der Waals surface area contributed by atoms with Crippen molar-refractivity contribution >= 4 is 23.3 Å². The first-order chi connectivity index (χ1) is 14.3. The molecule has 2 atom stereocenters. The molecule has 2 unspecified atom stereocenters. The lowest BCUT2D eigenvalue weighted by Gasteiger charge is -2.23. The van der Waals surface area contributed by atoms with Crippen molar-refractivity contribution < 1.29 is 9.90 Å². The quantitative estimate of drug-likeness (QED) is 0.614. The number of likely N-dealkylation sites (tertiary alicyclic amines) is 1. The predicted octanol–water partition coefficient (Wildman–Crippen LogP) is 5.35. The Labute approximate surface area is 184 Å². The summed E-state index contributed by atoms with van der Waals surface area (Å²) < 4.78 is 0. The summed E-state index contributed by atoms with van der Waals surface area (Å²) in [6.07, 6.45) is 0.718. The minimum absolute atomic E-state index is 0.136. The molecular weight excluding hydrogens is 396 g/mol. The third-order valence-electron chi connectivity index (χ3n) is 5.94. The van der Waals surface area contributed by atoms with Crippen LogP contribution in [0.5, 0.6) is 0 Å². The highest BCUT2D eigenvalue weighted by Gasteiger charge is 2.28. The fraction of sp³-hybridized carbons (Fsp3) is 0.400. The Bertz CT molecular complexity index is 1010. The highest BCUT2D eigenvalue weighted by Crippen LogP contribution is 2.30. The fourth-order valence-corrected chi connectivity index (χ4v) is 4.16. The van der Waals surface area contributed by atoms with Crippen molar-refractivity contribution in [3.8, 4) is 11.8 Å². The van der Waals surface area contributed by atoms with E-state index in [1.165, 1.54) is 16.7 Å². The van der Waals surface area contributed by atoms with Gasteiger partial charge in [-0.3, -0.25) is 9.69 Å². The number of carbonyl (C=O) groups is 1. The molecule has 158 valence electrons. The first kappa shape index (κ1) is 22.2. The van der Waals surface area contributed by atoms with Crippen LogP contribution in [-0.4, -0.2) is 29.1 Å². The van der Waals surface area contributed by atoms with E-state index < -0.39 is 5.97 Å².